The Kier molecular flexibility index (Phi) is 6.34. The van der Waals surface area contributed by atoms with E-state index < -0.39 is 5.82 Å². The zero-order chi connectivity index (χ0) is 21.1. The van der Waals surface area contributed by atoms with E-state index in [0.29, 0.717) is 6.54 Å². The zero-order valence-corrected chi connectivity index (χ0v) is 17.7. The van der Waals surface area contributed by atoms with Crippen molar-refractivity contribution in [1.29, 1.82) is 0 Å². The highest BCUT2D eigenvalue weighted by atomic mass is 32.1. The molecule has 4 rings (SSSR count). The van der Waals surface area contributed by atoms with Crippen molar-refractivity contribution in [3.05, 3.63) is 52.0 Å². The summed E-state index contributed by atoms with van der Waals surface area (Å²) in [7, 11) is 1.48. The summed E-state index contributed by atoms with van der Waals surface area (Å²) in [6, 6.07) is 8.06. The van der Waals surface area contributed by atoms with Gasteiger partial charge in [0, 0.05) is 24.6 Å². The number of carbonyl (C=O) groups is 2. The first-order valence-electron chi connectivity index (χ1n) is 10.1. The topological polar surface area (TPSA) is 59.1 Å². The van der Waals surface area contributed by atoms with Crippen LogP contribution in [0.4, 0.5) is 4.39 Å². The number of amides is 2. The van der Waals surface area contributed by atoms with Crippen LogP contribution in [-0.4, -0.2) is 61.1 Å². The predicted octanol–water partition coefficient (Wildman–Crippen LogP) is 3.03. The van der Waals surface area contributed by atoms with Gasteiger partial charge in [0.2, 0.25) is 11.8 Å². The van der Waals surface area contributed by atoms with E-state index in [4.69, 9.17) is 9.47 Å². The summed E-state index contributed by atoms with van der Waals surface area (Å²) in [5, 5.41) is 2.01. The molecule has 1 atom stereocenters. The molecule has 2 aliphatic rings. The van der Waals surface area contributed by atoms with Gasteiger partial charge in [0.05, 0.1) is 6.04 Å². The molecule has 0 bridgehead atoms. The minimum Gasteiger partial charge on any atom is -0.488 e. The molecular weight excluding hydrogens is 407 g/mol. The summed E-state index contributed by atoms with van der Waals surface area (Å²) < 4.78 is 24.7. The largest absolute Gasteiger partial charge is 0.488 e. The summed E-state index contributed by atoms with van der Waals surface area (Å²) in [6.07, 6.45) is 2.60. The van der Waals surface area contributed by atoms with Gasteiger partial charge in [-0.3, -0.25) is 9.59 Å². The number of hydrogen-bond acceptors (Lipinski definition) is 5. The van der Waals surface area contributed by atoms with Gasteiger partial charge in [-0.05, 0) is 48.4 Å². The summed E-state index contributed by atoms with van der Waals surface area (Å²) in [5.41, 5.74) is 1.04. The van der Waals surface area contributed by atoms with Gasteiger partial charge in [-0.1, -0.05) is 12.1 Å². The lowest BCUT2D eigenvalue weighted by Crippen LogP contribution is -2.49. The molecule has 1 aliphatic carbocycles. The first-order chi connectivity index (χ1) is 14.6. The van der Waals surface area contributed by atoms with Crippen LogP contribution in [0.2, 0.25) is 0 Å². The molecule has 2 aromatic rings. The van der Waals surface area contributed by atoms with Crippen LogP contribution in [0.3, 0.4) is 0 Å². The van der Waals surface area contributed by atoms with Crippen LogP contribution in [-0.2, 0) is 20.7 Å². The van der Waals surface area contributed by atoms with Crippen molar-refractivity contribution in [2.45, 2.75) is 31.3 Å². The van der Waals surface area contributed by atoms with Gasteiger partial charge in [0.25, 0.3) is 0 Å². The quantitative estimate of drug-likeness (QED) is 0.644. The molecule has 1 unspecified atom stereocenters. The normalized spacial score (nSPS) is 18.1. The Balaban J connectivity index is 1.50. The molecule has 1 aliphatic heterocycles. The monoisotopic (exact) mass is 432 g/mol. The molecule has 2 heterocycles. The van der Waals surface area contributed by atoms with E-state index in [2.05, 4.69) is 0 Å². The van der Waals surface area contributed by atoms with Crippen molar-refractivity contribution in [3.63, 3.8) is 0 Å². The third-order valence-electron chi connectivity index (χ3n) is 5.53. The van der Waals surface area contributed by atoms with Crippen LogP contribution in [0.15, 0.2) is 35.7 Å². The smallest absolute Gasteiger partial charge is 0.249 e. The molecule has 0 radical (unpaired) electrons. The number of thiophene rings is 1. The molecule has 1 saturated carbocycles. The molecule has 0 spiro atoms. The average molecular weight is 433 g/mol. The van der Waals surface area contributed by atoms with E-state index in [0.717, 1.165) is 24.8 Å². The van der Waals surface area contributed by atoms with Crippen LogP contribution in [0, 0.1) is 5.82 Å². The summed E-state index contributed by atoms with van der Waals surface area (Å²) in [6.45, 7) is 0.710. The molecule has 1 aromatic carbocycles. The maximum Gasteiger partial charge on any atom is 0.249 e. The number of halogens is 1. The first kappa shape index (κ1) is 20.8. The number of nitrogens with zero attached hydrogens (tertiary/aromatic N) is 2. The third-order valence-corrected chi connectivity index (χ3v) is 6.53. The fraction of sp³-hybridized carbons (Fsp3) is 0.455. The van der Waals surface area contributed by atoms with Crippen LogP contribution in [0.25, 0.3) is 0 Å². The molecule has 2 amide bonds. The number of carbonyl (C=O) groups excluding carboxylic acids is 2. The number of methoxy groups -OCH3 is 1. The Hall–Kier alpha value is -2.45. The Morgan fingerprint density at radius 1 is 1.27 bits per heavy atom. The molecule has 160 valence electrons. The van der Waals surface area contributed by atoms with E-state index in [9.17, 15) is 14.0 Å². The summed E-state index contributed by atoms with van der Waals surface area (Å²) >= 11 is 1.66. The van der Waals surface area contributed by atoms with E-state index in [1.807, 2.05) is 11.4 Å². The number of rotatable bonds is 8. The second kappa shape index (κ2) is 9.14. The van der Waals surface area contributed by atoms with Gasteiger partial charge < -0.3 is 19.3 Å². The Labute approximate surface area is 179 Å². The number of fused-ring (bicyclic) bond motifs is 1. The third kappa shape index (κ3) is 4.49. The van der Waals surface area contributed by atoms with Crippen LogP contribution in [0.5, 0.6) is 5.75 Å². The fourth-order valence-corrected chi connectivity index (χ4v) is 4.78. The number of para-hydroxylation sites is 1. The van der Waals surface area contributed by atoms with Crippen LogP contribution in [0.1, 0.15) is 29.3 Å². The van der Waals surface area contributed by atoms with Crippen molar-refractivity contribution in [1.82, 2.24) is 9.80 Å². The van der Waals surface area contributed by atoms with Gasteiger partial charge in [-0.15, -0.1) is 11.3 Å². The summed E-state index contributed by atoms with van der Waals surface area (Å²) in [5.74, 6) is -0.546. The van der Waals surface area contributed by atoms with Gasteiger partial charge in [0.15, 0.2) is 11.6 Å². The van der Waals surface area contributed by atoms with E-state index in [1.165, 1.54) is 18.1 Å². The van der Waals surface area contributed by atoms with Crippen molar-refractivity contribution in [2.75, 3.05) is 33.4 Å². The van der Waals surface area contributed by atoms with Gasteiger partial charge in [-0.2, -0.15) is 0 Å². The average Bonchev–Trinajstić information content (AvgIpc) is 3.47. The Morgan fingerprint density at radius 2 is 2.07 bits per heavy atom. The van der Waals surface area contributed by atoms with Gasteiger partial charge in [0.1, 0.15) is 19.8 Å². The summed E-state index contributed by atoms with van der Waals surface area (Å²) in [4.78, 5) is 30.2. The van der Waals surface area contributed by atoms with Crippen LogP contribution < -0.4 is 4.74 Å². The number of benzene rings is 1. The van der Waals surface area contributed by atoms with Crippen molar-refractivity contribution in [3.8, 4) is 5.75 Å². The highest BCUT2D eigenvalue weighted by Crippen LogP contribution is 2.35. The molecule has 6 nitrogen and oxygen atoms in total. The maximum atomic E-state index is 14.0. The maximum absolute atomic E-state index is 14.0. The van der Waals surface area contributed by atoms with E-state index in [-0.39, 0.29) is 49.4 Å². The Bertz CT molecular complexity index is 914. The molecule has 1 aromatic heterocycles. The molecule has 8 heteroatoms. The minimum atomic E-state index is -0.429. The molecule has 0 saturated heterocycles. The first-order valence-corrected chi connectivity index (χ1v) is 11.0. The fourth-order valence-electron chi connectivity index (χ4n) is 3.86. The lowest BCUT2D eigenvalue weighted by molar-refractivity contribution is -0.145. The lowest BCUT2D eigenvalue weighted by Gasteiger charge is -2.37. The van der Waals surface area contributed by atoms with Gasteiger partial charge >= 0.3 is 0 Å². The second-order valence-corrected chi connectivity index (χ2v) is 8.58. The van der Waals surface area contributed by atoms with Crippen LogP contribution >= 0.6 is 11.3 Å². The van der Waals surface area contributed by atoms with Crippen molar-refractivity contribution >= 4 is 23.2 Å². The highest BCUT2D eigenvalue weighted by molar-refractivity contribution is 7.10. The highest BCUT2D eigenvalue weighted by Gasteiger charge is 2.37. The molecule has 30 heavy (non-hydrogen) atoms. The van der Waals surface area contributed by atoms with Crippen molar-refractivity contribution < 1.29 is 23.5 Å². The SMILES string of the molecule is COCC(=O)N(CC(=O)N1CCc2sccc2C1COc1ccccc1F)C1CC1. The van der Waals surface area contributed by atoms with E-state index in [1.54, 1.807) is 39.3 Å². The Morgan fingerprint density at radius 3 is 2.80 bits per heavy atom. The lowest BCUT2D eigenvalue weighted by atomic mass is 10.0. The number of hydrogen-bond donors (Lipinski definition) is 0. The molecule has 1 fully saturated rings. The van der Waals surface area contributed by atoms with E-state index >= 15 is 0 Å². The second-order valence-electron chi connectivity index (χ2n) is 7.58. The van der Waals surface area contributed by atoms with Crippen molar-refractivity contribution in [2.24, 2.45) is 0 Å². The standard InChI is InChI=1S/C22H25FN2O4S/c1-28-14-22(27)25(15-6-7-15)12-21(26)24-10-8-20-16(9-11-30-20)18(24)13-29-19-5-3-2-4-17(19)23/h2-5,9,11,15,18H,6-8,10,12-14H2,1H3. The molecular formula is C22H25FN2O4S. The molecule has 0 N–H and O–H groups in total. The minimum absolute atomic E-state index is 0.0295. The van der Waals surface area contributed by atoms with Gasteiger partial charge in [-0.25, -0.2) is 4.39 Å². The predicted molar refractivity (Wildman–Crippen MR) is 111 cm³/mol. The zero-order valence-electron chi connectivity index (χ0n) is 16.9. The number of ether oxygens (including phenoxy) is 2.